The van der Waals surface area contributed by atoms with Crippen molar-refractivity contribution < 1.29 is 4.74 Å². The lowest BCUT2D eigenvalue weighted by molar-refractivity contribution is 0.0384. The largest absolute Gasteiger partial charge is 0.379 e. The number of hydrogen-bond acceptors (Lipinski definition) is 8. The van der Waals surface area contributed by atoms with Crippen LogP contribution in [0.4, 0.5) is 23.3 Å². The number of halogens is 1. The van der Waals surface area contributed by atoms with E-state index in [-0.39, 0.29) is 0 Å². The van der Waals surface area contributed by atoms with Gasteiger partial charge in [-0.2, -0.15) is 0 Å². The molecule has 5 aromatic rings. The van der Waals surface area contributed by atoms with E-state index in [1.165, 1.54) is 11.9 Å². The zero-order valence-electron chi connectivity index (χ0n) is 21.6. The molecular formula is C29H29ClN8O. The zero-order valence-corrected chi connectivity index (χ0v) is 22.4. The molecular weight excluding hydrogens is 512 g/mol. The van der Waals surface area contributed by atoms with Crippen molar-refractivity contribution in [3.05, 3.63) is 89.3 Å². The van der Waals surface area contributed by atoms with E-state index in [4.69, 9.17) is 21.3 Å². The van der Waals surface area contributed by atoms with Crippen LogP contribution in [-0.4, -0.2) is 62.3 Å². The van der Waals surface area contributed by atoms with Gasteiger partial charge in [0.15, 0.2) is 0 Å². The number of aryl methyl sites for hydroxylation is 1. The van der Waals surface area contributed by atoms with Crippen molar-refractivity contribution >= 4 is 45.9 Å². The molecule has 10 heteroatoms. The SMILES string of the molecule is Cc1cccc(Cl)c1Nc1nc2ccccc2n1-c1cc(Nc2ccc(CCN3CCOCC3)cn2)ncn1. The third-order valence-electron chi connectivity index (χ3n) is 6.80. The van der Waals surface area contributed by atoms with E-state index < -0.39 is 0 Å². The molecule has 2 aromatic carbocycles. The number of hydrogen-bond donors (Lipinski definition) is 2. The van der Waals surface area contributed by atoms with E-state index in [9.17, 15) is 0 Å². The Kier molecular flexibility index (Phi) is 7.36. The molecule has 3 aromatic heterocycles. The van der Waals surface area contributed by atoms with E-state index in [1.807, 2.05) is 72.3 Å². The maximum absolute atomic E-state index is 6.51. The molecule has 9 nitrogen and oxygen atoms in total. The summed E-state index contributed by atoms with van der Waals surface area (Å²) in [4.78, 5) is 20.9. The number of benzene rings is 2. The number of imidazole rings is 1. The van der Waals surface area contributed by atoms with Gasteiger partial charge in [0.25, 0.3) is 0 Å². The van der Waals surface area contributed by atoms with Crippen LogP contribution in [0, 0.1) is 6.92 Å². The van der Waals surface area contributed by atoms with Gasteiger partial charge in [-0.3, -0.25) is 9.47 Å². The zero-order chi connectivity index (χ0) is 26.6. The van der Waals surface area contributed by atoms with Gasteiger partial charge in [-0.25, -0.2) is 19.9 Å². The van der Waals surface area contributed by atoms with Gasteiger partial charge in [0, 0.05) is 31.9 Å². The number of para-hydroxylation sites is 3. The fraction of sp³-hybridized carbons (Fsp3) is 0.241. The Morgan fingerprint density at radius 2 is 1.79 bits per heavy atom. The van der Waals surface area contributed by atoms with Crippen molar-refractivity contribution in [3.8, 4) is 5.82 Å². The second kappa shape index (κ2) is 11.4. The lowest BCUT2D eigenvalue weighted by Gasteiger charge is -2.26. The van der Waals surface area contributed by atoms with Crippen LogP contribution in [0.5, 0.6) is 0 Å². The molecule has 4 heterocycles. The molecule has 2 N–H and O–H groups in total. The third-order valence-corrected chi connectivity index (χ3v) is 7.12. The van der Waals surface area contributed by atoms with E-state index in [0.717, 1.165) is 67.4 Å². The number of pyridine rings is 1. The van der Waals surface area contributed by atoms with Crippen molar-refractivity contribution in [2.75, 3.05) is 43.5 Å². The molecule has 0 bridgehead atoms. The summed E-state index contributed by atoms with van der Waals surface area (Å²) in [5.41, 5.74) is 4.78. The number of morpholine rings is 1. The second-order valence-electron chi connectivity index (χ2n) is 9.46. The van der Waals surface area contributed by atoms with Crippen molar-refractivity contribution in [2.45, 2.75) is 13.3 Å². The number of anilines is 4. The molecule has 1 aliphatic rings. The summed E-state index contributed by atoms with van der Waals surface area (Å²) in [7, 11) is 0. The fourth-order valence-electron chi connectivity index (χ4n) is 4.67. The van der Waals surface area contributed by atoms with Gasteiger partial charge >= 0.3 is 0 Å². The summed E-state index contributed by atoms with van der Waals surface area (Å²) in [5.74, 6) is 2.62. The van der Waals surface area contributed by atoms with Gasteiger partial charge in [-0.1, -0.05) is 41.9 Å². The second-order valence-corrected chi connectivity index (χ2v) is 9.87. The van der Waals surface area contributed by atoms with Crippen LogP contribution in [0.2, 0.25) is 5.02 Å². The molecule has 0 unspecified atom stereocenters. The van der Waals surface area contributed by atoms with Crippen LogP contribution in [0.15, 0.2) is 73.2 Å². The Hall–Kier alpha value is -4.05. The molecule has 0 amide bonds. The fourth-order valence-corrected chi connectivity index (χ4v) is 4.94. The maximum atomic E-state index is 6.51. The summed E-state index contributed by atoms with van der Waals surface area (Å²) in [6, 6.07) is 19.7. The Morgan fingerprint density at radius 1 is 0.923 bits per heavy atom. The third kappa shape index (κ3) is 5.70. The number of aromatic nitrogens is 5. The van der Waals surface area contributed by atoms with E-state index in [2.05, 4.69) is 36.6 Å². The number of rotatable bonds is 8. The first-order valence-corrected chi connectivity index (χ1v) is 13.4. The van der Waals surface area contributed by atoms with Crippen LogP contribution in [0.25, 0.3) is 16.9 Å². The van der Waals surface area contributed by atoms with Gasteiger partial charge in [0.1, 0.15) is 23.8 Å². The van der Waals surface area contributed by atoms with Crippen LogP contribution in [0.3, 0.4) is 0 Å². The van der Waals surface area contributed by atoms with Gasteiger partial charge in [0.05, 0.1) is 35.0 Å². The molecule has 0 aliphatic carbocycles. The van der Waals surface area contributed by atoms with Crippen molar-refractivity contribution in [2.24, 2.45) is 0 Å². The van der Waals surface area contributed by atoms with Crippen LogP contribution in [0.1, 0.15) is 11.1 Å². The summed E-state index contributed by atoms with van der Waals surface area (Å²) in [6.45, 7) is 6.63. The smallest absolute Gasteiger partial charge is 0.214 e. The Labute approximate surface area is 231 Å². The number of ether oxygens (including phenoxy) is 1. The quantitative estimate of drug-likeness (QED) is 0.265. The highest BCUT2D eigenvalue weighted by Gasteiger charge is 2.16. The van der Waals surface area contributed by atoms with E-state index in [1.54, 1.807) is 0 Å². The maximum Gasteiger partial charge on any atom is 0.214 e. The average molecular weight is 541 g/mol. The minimum absolute atomic E-state index is 0.611. The summed E-state index contributed by atoms with van der Waals surface area (Å²) in [5, 5.41) is 7.36. The average Bonchev–Trinajstić information content (AvgIpc) is 3.33. The first-order valence-electron chi connectivity index (χ1n) is 13.0. The lowest BCUT2D eigenvalue weighted by Crippen LogP contribution is -2.37. The number of fused-ring (bicyclic) bond motifs is 1. The summed E-state index contributed by atoms with van der Waals surface area (Å²) < 4.78 is 7.40. The van der Waals surface area contributed by atoms with E-state index >= 15 is 0 Å². The predicted octanol–water partition coefficient (Wildman–Crippen LogP) is 5.53. The summed E-state index contributed by atoms with van der Waals surface area (Å²) >= 11 is 6.51. The Balaban J connectivity index is 1.24. The molecule has 1 aliphatic heterocycles. The minimum Gasteiger partial charge on any atom is -0.379 e. The molecule has 6 rings (SSSR count). The molecule has 39 heavy (non-hydrogen) atoms. The van der Waals surface area contributed by atoms with Gasteiger partial charge < -0.3 is 15.4 Å². The minimum atomic E-state index is 0.611. The highest BCUT2D eigenvalue weighted by Crippen LogP contribution is 2.32. The first kappa shape index (κ1) is 25.2. The van der Waals surface area contributed by atoms with E-state index in [0.29, 0.717) is 22.6 Å². The molecule has 0 radical (unpaired) electrons. The first-order chi connectivity index (χ1) is 19.1. The Morgan fingerprint density at radius 3 is 2.62 bits per heavy atom. The topological polar surface area (TPSA) is 93.0 Å². The van der Waals surface area contributed by atoms with Crippen molar-refractivity contribution in [1.29, 1.82) is 0 Å². The molecule has 0 saturated carbocycles. The van der Waals surface area contributed by atoms with Gasteiger partial charge in [-0.05, 0) is 48.7 Å². The molecule has 0 spiro atoms. The highest BCUT2D eigenvalue weighted by atomic mass is 35.5. The molecule has 1 fully saturated rings. The lowest BCUT2D eigenvalue weighted by atomic mass is 10.2. The molecule has 1 saturated heterocycles. The number of nitrogens with zero attached hydrogens (tertiary/aromatic N) is 6. The standard InChI is InChI=1S/C29H29ClN8O/c1-20-5-4-6-22(30)28(20)36-29-34-23-7-2-3-8-24(23)38(29)27-17-26(32-19-33-27)35-25-10-9-21(18-31-25)11-12-37-13-15-39-16-14-37/h2-10,17-19H,11-16H2,1H3,(H,34,36)(H,31,32,33,35). The van der Waals surface area contributed by atoms with Gasteiger partial charge in [-0.15, -0.1) is 0 Å². The monoisotopic (exact) mass is 540 g/mol. The molecule has 198 valence electrons. The van der Waals surface area contributed by atoms with Crippen LogP contribution in [-0.2, 0) is 11.2 Å². The van der Waals surface area contributed by atoms with Crippen LogP contribution >= 0.6 is 11.6 Å². The molecule has 0 atom stereocenters. The highest BCUT2D eigenvalue weighted by molar-refractivity contribution is 6.33. The van der Waals surface area contributed by atoms with Crippen LogP contribution < -0.4 is 10.6 Å². The predicted molar refractivity (Wildman–Crippen MR) is 155 cm³/mol. The summed E-state index contributed by atoms with van der Waals surface area (Å²) in [6.07, 6.45) is 4.41. The van der Waals surface area contributed by atoms with Gasteiger partial charge in [0.2, 0.25) is 5.95 Å². The Bertz CT molecular complexity index is 1560. The normalized spacial score (nSPS) is 14.0. The van der Waals surface area contributed by atoms with Crippen molar-refractivity contribution in [3.63, 3.8) is 0 Å². The number of nitrogens with one attached hydrogen (secondary N) is 2. The van der Waals surface area contributed by atoms with Crippen molar-refractivity contribution in [1.82, 2.24) is 29.4 Å².